The summed E-state index contributed by atoms with van der Waals surface area (Å²) in [5, 5.41) is 32.9. The van der Waals surface area contributed by atoms with Crippen molar-refractivity contribution in [3.63, 3.8) is 0 Å². The number of para-hydroxylation sites is 1. The first-order chi connectivity index (χ1) is 16.0. The first kappa shape index (κ1) is 21.6. The number of nitrogens with zero attached hydrogens (tertiary/aromatic N) is 2. The van der Waals surface area contributed by atoms with Crippen molar-refractivity contribution in [3.05, 3.63) is 88.6 Å². The molecule has 5 nitrogen and oxygen atoms in total. The molecule has 4 aromatic rings. The van der Waals surface area contributed by atoms with Crippen LogP contribution in [0.3, 0.4) is 0 Å². The molecule has 0 unspecified atom stereocenters. The molecular formula is C28H28N2O3. The van der Waals surface area contributed by atoms with E-state index < -0.39 is 6.10 Å². The van der Waals surface area contributed by atoms with E-state index >= 15 is 0 Å². The maximum absolute atomic E-state index is 10.5. The molecule has 0 radical (unpaired) electrons. The summed E-state index contributed by atoms with van der Waals surface area (Å²) in [7, 11) is 0. The molecule has 0 spiro atoms. The minimum absolute atomic E-state index is 0.138. The number of aliphatic hydroxyl groups excluding tert-OH is 3. The molecule has 168 valence electrons. The number of anilines is 2. The second-order valence-corrected chi connectivity index (χ2v) is 8.78. The predicted octanol–water partition coefficient (Wildman–Crippen LogP) is 5.08. The molecule has 3 aromatic carbocycles. The lowest BCUT2D eigenvalue weighted by atomic mass is 9.88. The first-order valence-corrected chi connectivity index (χ1v) is 11.3. The van der Waals surface area contributed by atoms with Crippen LogP contribution in [-0.4, -0.2) is 26.8 Å². The first-order valence-electron chi connectivity index (χ1n) is 11.3. The van der Waals surface area contributed by atoms with Gasteiger partial charge < -0.3 is 20.2 Å². The number of aromatic nitrogens is 1. The summed E-state index contributed by atoms with van der Waals surface area (Å²) in [6.07, 6.45) is 1.95. The summed E-state index contributed by atoms with van der Waals surface area (Å²) in [5.41, 5.74) is 7.57. The van der Waals surface area contributed by atoms with E-state index in [1.165, 1.54) is 11.1 Å². The molecule has 0 aliphatic carbocycles. The maximum atomic E-state index is 10.5. The van der Waals surface area contributed by atoms with E-state index in [2.05, 4.69) is 35.9 Å². The number of aliphatic hydroxyl groups is 3. The van der Waals surface area contributed by atoms with Crippen molar-refractivity contribution in [2.45, 2.75) is 39.6 Å². The normalized spacial score (nSPS) is 15.7. The summed E-state index contributed by atoms with van der Waals surface area (Å²) in [6.45, 7) is 4.54. The Morgan fingerprint density at radius 2 is 1.76 bits per heavy atom. The molecule has 2 heterocycles. The maximum Gasteiger partial charge on any atom is 0.133 e. The molecule has 5 heteroatoms. The average molecular weight is 441 g/mol. The van der Waals surface area contributed by atoms with Crippen molar-refractivity contribution in [2.75, 3.05) is 11.4 Å². The summed E-state index contributed by atoms with van der Waals surface area (Å²) >= 11 is 0. The van der Waals surface area contributed by atoms with Crippen molar-refractivity contribution < 1.29 is 15.3 Å². The Balaban J connectivity index is 1.72. The van der Waals surface area contributed by atoms with Crippen LogP contribution in [0.1, 0.15) is 40.3 Å². The minimum Gasteiger partial charge on any atom is -0.392 e. The van der Waals surface area contributed by atoms with Gasteiger partial charge in [-0.05, 0) is 88.7 Å². The van der Waals surface area contributed by atoms with Crippen LogP contribution in [0.25, 0.3) is 21.9 Å². The predicted molar refractivity (Wildman–Crippen MR) is 132 cm³/mol. The van der Waals surface area contributed by atoms with Crippen LogP contribution < -0.4 is 4.90 Å². The summed E-state index contributed by atoms with van der Waals surface area (Å²) in [6, 6.07) is 18.2. The van der Waals surface area contributed by atoms with Crippen LogP contribution in [0, 0.1) is 13.8 Å². The highest BCUT2D eigenvalue weighted by Gasteiger charge is 2.25. The van der Waals surface area contributed by atoms with Crippen molar-refractivity contribution >= 4 is 22.3 Å². The number of fused-ring (bicyclic) bond motifs is 2. The van der Waals surface area contributed by atoms with E-state index in [0.717, 1.165) is 50.1 Å². The highest BCUT2D eigenvalue weighted by Crippen LogP contribution is 2.40. The molecule has 1 aliphatic rings. The second kappa shape index (κ2) is 8.60. The lowest BCUT2D eigenvalue weighted by Crippen LogP contribution is -2.27. The van der Waals surface area contributed by atoms with Gasteiger partial charge in [-0.2, -0.15) is 0 Å². The van der Waals surface area contributed by atoms with Crippen LogP contribution >= 0.6 is 0 Å². The van der Waals surface area contributed by atoms with Gasteiger partial charge in [-0.25, -0.2) is 4.98 Å². The standard InChI is InChI=1S/C28H28N2O3/c1-17-11-20-13-21(15-31)24(16-32)28(23(20)12-18(17)2)19-7-9-29-27(14-19)30-10-8-26(33)22-5-3-4-6-25(22)30/h3-7,9,11-14,26,31-33H,8,10,15-16H2,1-2H3/t26-/m0/s1. The fourth-order valence-electron chi connectivity index (χ4n) is 4.93. The molecule has 1 atom stereocenters. The summed E-state index contributed by atoms with van der Waals surface area (Å²) in [5.74, 6) is 0.794. The molecule has 0 saturated carbocycles. The van der Waals surface area contributed by atoms with Crippen molar-refractivity contribution in [1.29, 1.82) is 0 Å². The topological polar surface area (TPSA) is 76.8 Å². The third-order valence-electron chi connectivity index (χ3n) is 6.81. The molecule has 33 heavy (non-hydrogen) atoms. The van der Waals surface area contributed by atoms with Gasteiger partial charge in [-0.3, -0.25) is 0 Å². The Kier molecular flexibility index (Phi) is 5.62. The van der Waals surface area contributed by atoms with E-state index in [0.29, 0.717) is 13.0 Å². The zero-order valence-corrected chi connectivity index (χ0v) is 18.9. The Morgan fingerprint density at radius 1 is 0.970 bits per heavy atom. The van der Waals surface area contributed by atoms with Gasteiger partial charge in [0.1, 0.15) is 5.82 Å². The van der Waals surface area contributed by atoms with Gasteiger partial charge in [-0.15, -0.1) is 0 Å². The average Bonchev–Trinajstić information content (AvgIpc) is 2.84. The van der Waals surface area contributed by atoms with Crippen molar-refractivity contribution in [2.24, 2.45) is 0 Å². The fraction of sp³-hybridized carbons (Fsp3) is 0.250. The van der Waals surface area contributed by atoms with Crippen LogP contribution in [0.5, 0.6) is 0 Å². The SMILES string of the molecule is Cc1cc2cc(CO)c(CO)c(-c3ccnc(N4CC[C@H](O)c5ccccc54)c3)c2cc1C. The number of benzene rings is 3. The van der Waals surface area contributed by atoms with Crippen molar-refractivity contribution in [1.82, 2.24) is 4.98 Å². The molecular weight excluding hydrogens is 412 g/mol. The van der Waals surface area contributed by atoms with Gasteiger partial charge in [0.05, 0.1) is 19.3 Å². The highest BCUT2D eigenvalue weighted by atomic mass is 16.3. The van der Waals surface area contributed by atoms with E-state index in [1.807, 2.05) is 42.5 Å². The van der Waals surface area contributed by atoms with Gasteiger partial charge in [0, 0.05) is 24.0 Å². The largest absolute Gasteiger partial charge is 0.392 e. The minimum atomic E-state index is -0.474. The van der Waals surface area contributed by atoms with E-state index in [-0.39, 0.29) is 13.2 Å². The number of hydrogen-bond donors (Lipinski definition) is 3. The summed E-state index contributed by atoms with van der Waals surface area (Å²) in [4.78, 5) is 6.79. The number of hydrogen-bond acceptors (Lipinski definition) is 5. The van der Waals surface area contributed by atoms with Gasteiger partial charge in [0.15, 0.2) is 0 Å². The van der Waals surface area contributed by atoms with Gasteiger partial charge in [0.25, 0.3) is 0 Å². The molecule has 0 bridgehead atoms. The molecule has 5 rings (SSSR count). The van der Waals surface area contributed by atoms with E-state index in [9.17, 15) is 15.3 Å². The van der Waals surface area contributed by atoms with Crippen LogP contribution in [-0.2, 0) is 13.2 Å². The second-order valence-electron chi connectivity index (χ2n) is 8.78. The Bertz CT molecular complexity index is 1350. The lowest BCUT2D eigenvalue weighted by molar-refractivity contribution is 0.165. The number of pyridine rings is 1. The zero-order chi connectivity index (χ0) is 23.1. The summed E-state index contributed by atoms with van der Waals surface area (Å²) < 4.78 is 0. The van der Waals surface area contributed by atoms with Crippen LogP contribution in [0.2, 0.25) is 0 Å². The monoisotopic (exact) mass is 440 g/mol. The Labute approximate surface area is 193 Å². The van der Waals surface area contributed by atoms with Gasteiger partial charge in [-0.1, -0.05) is 30.3 Å². The van der Waals surface area contributed by atoms with Gasteiger partial charge >= 0.3 is 0 Å². The lowest BCUT2D eigenvalue weighted by Gasteiger charge is -2.33. The molecule has 1 aliphatic heterocycles. The van der Waals surface area contributed by atoms with Crippen LogP contribution in [0.4, 0.5) is 11.5 Å². The van der Waals surface area contributed by atoms with Gasteiger partial charge in [0.2, 0.25) is 0 Å². The smallest absolute Gasteiger partial charge is 0.133 e. The Hall–Kier alpha value is -3.25. The molecule has 0 fully saturated rings. The fourth-order valence-corrected chi connectivity index (χ4v) is 4.93. The zero-order valence-electron chi connectivity index (χ0n) is 18.9. The van der Waals surface area contributed by atoms with E-state index in [4.69, 9.17) is 0 Å². The number of aryl methyl sites for hydroxylation is 2. The van der Waals surface area contributed by atoms with Crippen molar-refractivity contribution in [3.8, 4) is 11.1 Å². The molecule has 3 N–H and O–H groups in total. The molecule has 0 saturated heterocycles. The third kappa shape index (κ3) is 3.68. The Morgan fingerprint density at radius 3 is 2.55 bits per heavy atom. The quantitative estimate of drug-likeness (QED) is 0.413. The third-order valence-corrected chi connectivity index (χ3v) is 6.81. The number of rotatable bonds is 4. The van der Waals surface area contributed by atoms with E-state index in [1.54, 1.807) is 6.20 Å². The molecule has 0 amide bonds. The molecule has 1 aromatic heterocycles. The van der Waals surface area contributed by atoms with Crippen LogP contribution in [0.15, 0.2) is 60.8 Å². The highest BCUT2D eigenvalue weighted by molar-refractivity contribution is 6.00.